The summed E-state index contributed by atoms with van der Waals surface area (Å²) in [6.07, 6.45) is 6.80. The summed E-state index contributed by atoms with van der Waals surface area (Å²) in [5.74, 6) is 0.747. The van der Waals surface area contributed by atoms with E-state index >= 15 is 0 Å². The second kappa shape index (κ2) is 6.97. The molecule has 0 aromatic carbocycles. The minimum Gasteiger partial charge on any atom is -0.392 e. The van der Waals surface area contributed by atoms with Gasteiger partial charge in [0.05, 0.1) is 18.2 Å². The van der Waals surface area contributed by atoms with Crippen molar-refractivity contribution in [2.45, 2.75) is 70.5 Å². The summed E-state index contributed by atoms with van der Waals surface area (Å²) in [7, 11) is 0. The molecule has 21 heavy (non-hydrogen) atoms. The Hall–Kier alpha value is -0.810. The Bertz CT molecular complexity index is 369. The first kappa shape index (κ1) is 16.6. The molecule has 2 unspecified atom stereocenters. The molecule has 2 atom stereocenters. The molecule has 0 aromatic rings. The lowest BCUT2D eigenvalue weighted by Gasteiger charge is -2.38. The van der Waals surface area contributed by atoms with Crippen LogP contribution in [0.1, 0.15) is 58.8 Å². The predicted molar refractivity (Wildman–Crippen MR) is 85.4 cm³/mol. The van der Waals surface area contributed by atoms with Crippen molar-refractivity contribution < 1.29 is 10.2 Å². The van der Waals surface area contributed by atoms with E-state index in [1.54, 1.807) is 0 Å². The van der Waals surface area contributed by atoms with Crippen molar-refractivity contribution >= 4 is 5.96 Å². The third-order valence-electron chi connectivity index (χ3n) is 5.09. The van der Waals surface area contributed by atoms with Crippen LogP contribution in [0.3, 0.4) is 0 Å². The minimum absolute atomic E-state index is 0.117. The molecule has 0 radical (unpaired) electrons. The molecule has 0 bridgehead atoms. The maximum atomic E-state index is 10.2. The first-order valence-corrected chi connectivity index (χ1v) is 8.40. The van der Waals surface area contributed by atoms with Crippen molar-refractivity contribution in [2.75, 3.05) is 19.6 Å². The fraction of sp³-hybridized carbons (Fsp3) is 0.938. The van der Waals surface area contributed by atoms with Crippen LogP contribution in [-0.4, -0.2) is 47.5 Å². The van der Waals surface area contributed by atoms with Gasteiger partial charge in [-0.05, 0) is 39.0 Å². The standard InChI is InChI=1S/C16H31N3O2/c1-3-17-14(19-12-16(21)9-6-10-16)18-11-15(2)8-5-4-7-13(15)20/h13,20-21H,3-12H2,1-2H3,(H2,17,18,19). The molecular weight excluding hydrogens is 266 g/mol. The second-order valence-corrected chi connectivity index (χ2v) is 7.04. The average Bonchev–Trinajstić information content (AvgIpc) is 2.43. The summed E-state index contributed by atoms with van der Waals surface area (Å²) in [4.78, 5) is 4.64. The van der Waals surface area contributed by atoms with Crippen molar-refractivity contribution in [1.29, 1.82) is 0 Å². The Labute approximate surface area is 128 Å². The Balaban J connectivity index is 1.89. The Kier molecular flexibility index (Phi) is 5.49. The smallest absolute Gasteiger partial charge is 0.191 e. The zero-order valence-electron chi connectivity index (χ0n) is 13.5. The van der Waals surface area contributed by atoms with Gasteiger partial charge in [0.1, 0.15) is 0 Å². The van der Waals surface area contributed by atoms with Crippen LogP contribution in [0.15, 0.2) is 4.99 Å². The van der Waals surface area contributed by atoms with Crippen molar-refractivity contribution in [2.24, 2.45) is 10.4 Å². The molecule has 5 heteroatoms. The number of nitrogens with zero attached hydrogens (tertiary/aromatic N) is 1. The monoisotopic (exact) mass is 297 g/mol. The van der Waals surface area contributed by atoms with Gasteiger partial charge in [0, 0.05) is 18.5 Å². The molecule has 0 amide bonds. The maximum Gasteiger partial charge on any atom is 0.191 e. The van der Waals surface area contributed by atoms with Crippen LogP contribution >= 0.6 is 0 Å². The van der Waals surface area contributed by atoms with Crippen LogP contribution in [0.5, 0.6) is 0 Å². The highest BCUT2D eigenvalue weighted by Gasteiger charge is 2.36. The van der Waals surface area contributed by atoms with E-state index in [0.717, 1.165) is 51.0 Å². The van der Waals surface area contributed by atoms with Crippen LogP contribution in [0.4, 0.5) is 0 Å². The largest absolute Gasteiger partial charge is 0.392 e. The summed E-state index contributed by atoms with van der Waals surface area (Å²) in [6.45, 7) is 6.14. The van der Waals surface area contributed by atoms with E-state index < -0.39 is 5.60 Å². The van der Waals surface area contributed by atoms with Gasteiger partial charge < -0.3 is 20.8 Å². The molecule has 0 heterocycles. The molecule has 2 rings (SSSR count). The first-order chi connectivity index (χ1) is 9.97. The van der Waals surface area contributed by atoms with Gasteiger partial charge in [0.15, 0.2) is 5.96 Å². The third kappa shape index (κ3) is 4.33. The van der Waals surface area contributed by atoms with Gasteiger partial charge in [-0.15, -0.1) is 0 Å². The van der Waals surface area contributed by atoms with Gasteiger partial charge >= 0.3 is 0 Å². The van der Waals surface area contributed by atoms with E-state index in [4.69, 9.17) is 0 Å². The lowest BCUT2D eigenvalue weighted by atomic mass is 9.73. The number of aliphatic hydroxyl groups is 2. The molecule has 0 aromatic heterocycles. The first-order valence-electron chi connectivity index (χ1n) is 8.40. The SMILES string of the molecule is CCNC(=NCC1(C)CCCCC1O)NCC1(O)CCC1. The average molecular weight is 297 g/mol. The Morgan fingerprint density at radius 3 is 2.52 bits per heavy atom. The molecule has 2 fully saturated rings. The lowest BCUT2D eigenvalue weighted by molar-refractivity contribution is -0.0279. The fourth-order valence-electron chi connectivity index (χ4n) is 3.18. The zero-order valence-corrected chi connectivity index (χ0v) is 13.5. The normalized spacial score (nSPS) is 32.4. The number of rotatable bonds is 5. The van der Waals surface area contributed by atoms with Crippen LogP contribution in [0.2, 0.25) is 0 Å². The lowest BCUT2D eigenvalue weighted by Crippen LogP contribution is -2.51. The van der Waals surface area contributed by atoms with E-state index in [2.05, 4.69) is 22.5 Å². The second-order valence-electron chi connectivity index (χ2n) is 7.04. The van der Waals surface area contributed by atoms with Crippen LogP contribution in [-0.2, 0) is 0 Å². The van der Waals surface area contributed by atoms with E-state index in [9.17, 15) is 10.2 Å². The predicted octanol–water partition coefficient (Wildman–Crippen LogP) is 1.40. The number of nitrogens with one attached hydrogen (secondary N) is 2. The van der Waals surface area contributed by atoms with Crippen molar-refractivity contribution in [3.8, 4) is 0 Å². The van der Waals surface area contributed by atoms with Gasteiger partial charge in [-0.3, -0.25) is 4.99 Å². The molecule has 2 saturated carbocycles. The molecule has 0 saturated heterocycles. The molecule has 2 aliphatic carbocycles. The van der Waals surface area contributed by atoms with E-state index in [0.29, 0.717) is 13.1 Å². The van der Waals surface area contributed by atoms with Crippen molar-refractivity contribution in [1.82, 2.24) is 10.6 Å². The molecule has 0 spiro atoms. The van der Waals surface area contributed by atoms with Crippen LogP contribution < -0.4 is 10.6 Å². The van der Waals surface area contributed by atoms with E-state index in [-0.39, 0.29) is 11.5 Å². The molecule has 0 aliphatic heterocycles. The van der Waals surface area contributed by atoms with Crippen molar-refractivity contribution in [3.63, 3.8) is 0 Å². The molecule has 122 valence electrons. The van der Waals surface area contributed by atoms with Gasteiger partial charge in [-0.1, -0.05) is 19.8 Å². The summed E-state index contributed by atoms with van der Waals surface area (Å²) >= 11 is 0. The molecule has 4 N–H and O–H groups in total. The summed E-state index contributed by atoms with van der Waals surface area (Å²) in [5, 5.41) is 26.8. The Morgan fingerprint density at radius 1 is 1.19 bits per heavy atom. The molecule has 5 nitrogen and oxygen atoms in total. The Morgan fingerprint density at radius 2 is 1.95 bits per heavy atom. The quantitative estimate of drug-likeness (QED) is 0.457. The highest BCUT2D eigenvalue weighted by Crippen LogP contribution is 2.36. The minimum atomic E-state index is -0.551. The molecule has 2 aliphatic rings. The van der Waals surface area contributed by atoms with E-state index in [1.807, 2.05) is 6.92 Å². The van der Waals surface area contributed by atoms with Crippen LogP contribution in [0.25, 0.3) is 0 Å². The maximum absolute atomic E-state index is 10.2. The summed E-state index contributed by atoms with van der Waals surface area (Å²) < 4.78 is 0. The van der Waals surface area contributed by atoms with Gasteiger partial charge in [0.2, 0.25) is 0 Å². The topological polar surface area (TPSA) is 76.9 Å². The van der Waals surface area contributed by atoms with Crippen LogP contribution in [0, 0.1) is 5.41 Å². The third-order valence-corrected chi connectivity index (χ3v) is 5.09. The van der Waals surface area contributed by atoms with Gasteiger partial charge in [-0.25, -0.2) is 0 Å². The summed E-state index contributed by atoms with van der Waals surface area (Å²) in [6, 6.07) is 0. The zero-order chi connectivity index (χ0) is 15.3. The fourth-order valence-corrected chi connectivity index (χ4v) is 3.18. The highest BCUT2D eigenvalue weighted by atomic mass is 16.3. The van der Waals surface area contributed by atoms with Crippen molar-refractivity contribution in [3.05, 3.63) is 0 Å². The van der Waals surface area contributed by atoms with E-state index in [1.165, 1.54) is 6.42 Å². The molecular formula is C16H31N3O2. The highest BCUT2D eigenvalue weighted by molar-refractivity contribution is 5.79. The number of aliphatic hydroxyl groups excluding tert-OH is 1. The number of aliphatic imine (C=N–C) groups is 1. The van der Waals surface area contributed by atoms with Gasteiger partial charge in [-0.2, -0.15) is 0 Å². The number of hydrogen-bond acceptors (Lipinski definition) is 3. The van der Waals surface area contributed by atoms with Gasteiger partial charge in [0.25, 0.3) is 0 Å². The summed E-state index contributed by atoms with van der Waals surface area (Å²) in [5.41, 5.74) is -0.668. The number of guanidine groups is 1. The number of hydrogen-bond donors (Lipinski definition) is 4.